The Kier molecular flexibility index (Phi) is 9.41. The number of rotatable bonds is 11. The van der Waals surface area contributed by atoms with E-state index in [1.807, 2.05) is 47.2 Å². The van der Waals surface area contributed by atoms with Crippen LogP contribution in [0.25, 0.3) is 16.9 Å². The summed E-state index contributed by atoms with van der Waals surface area (Å²) < 4.78 is 18.3. The van der Waals surface area contributed by atoms with E-state index in [9.17, 15) is 9.59 Å². The average molecular weight is 583 g/mol. The molecule has 0 bridgehead atoms. The maximum Gasteiger partial charge on any atom is 0.254 e. The fourth-order valence-corrected chi connectivity index (χ4v) is 5.12. The fourth-order valence-electron chi connectivity index (χ4n) is 5.12. The van der Waals surface area contributed by atoms with Crippen molar-refractivity contribution >= 4 is 17.8 Å². The lowest BCUT2D eigenvalue weighted by Gasteiger charge is -2.25. The lowest BCUT2D eigenvalue weighted by Crippen LogP contribution is -2.42. The maximum atomic E-state index is 13.6. The van der Waals surface area contributed by atoms with E-state index in [2.05, 4.69) is 31.3 Å². The summed E-state index contributed by atoms with van der Waals surface area (Å²) in [5, 5.41) is 2.97. The Morgan fingerprint density at radius 1 is 1.02 bits per heavy atom. The number of hydrogen-bond donors (Lipinski definition) is 1. The highest BCUT2D eigenvalue weighted by molar-refractivity contribution is 5.99. The zero-order valence-electron chi connectivity index (χ0n) is 25.1. The monoisotopic (exact) mass is 582 g/mol. The van der Waals surface area contributed by atoms with Crippen molar-refractivity contribution in [2.24, 2.45) is 0 Å². The van der Waals surface area contributed by atoms with Gasteiger partial charge in [-0.15, -0.1) is 0 Å². The Morgan fingerprint density at radius 3 is 2.42 bits per heavy atom. The number of imidazole rings is 1. The Morgan fingerprint density at radius 2 is 1.77 bits per heavy atom. The Bertz CT molecular complexity index is 1540. The second kappa shape index (κ2) is 13.6. The van der Waals surface area contributed by atoms with Gasteiger partial charge in [0.2, 0.25) is 11.9 Å². The first-order chi connectivity index (χ1) is 20.8. The molecule has 0 saturated carbocycles. The molecule has 1 aliphatic heterocycles. The molecule has 1 atom stereocenters. The van der Waals surface area contributed by atoms with Gasteiger partial charge in [-0.2, -0.15) is 0 Å². The molecule has 43 heavy (non-hydrogen) atoms. The number of carbonyl (C=O) groups excluding carboxylic acids is 2. The van der Waals surface area contributed by atoms with Gasteiger partial charge < -0.3 is 19.1 Å². The summed E-state index contributed by atoms with van der Waals surface area (Å²) in [7, 11) is 3.18. The molecule has 0 aliphatic carbocycles. The molecule has 0 radical (unpaired) electrons. The van der Waals surface area contributed by atoms with Crippen molar-refractivity contribution in [1.29, 1.82) is 0 Å². The SMILES string of the molecule is COc1ccc(-c2cn(-c3ccc(C(C)C)cc3)c(NC(=O)CN(CC3CCCO3)C(=O)c3cccc(OC)c3)n2)cc1. The summed E-state index contributed by atoms with van der Waals surface area (Å²) in [6.07, 6.45) is 3.54. The molecule has 3 aromatic carbocycles. The summed E-state index contributed by atoms with van der Waals surface area (Å²) in [5.74, 6) is 1.44. The largest absolute Gasteiger partial charge is 0.497 e. The van der Waals surface area contributed by atoms with Crippen molar-refractivity contribution < 1.29 is 23.8 Å². The van der Waals surface area contributed by atoms with Crippen LogP contribution in [0.3, 0.4) is 0 Å². The van der Waals surface area contributed by atoms with Crippen LogP contribution in [0.5, 0.6) is 11.5 Å². The quantitative estimate of drug-likeness (QED) is 0.235. The number of hydrogen-bond acceptors (Lipinski definition) is 6. The second-order valence-electron chi connectivity index (χ2n) is 10.9. The molecule has 1 aromatic heterocycles. The number of methoxy groups -OCH3 is 2. The molecule has 9 heteroatoms. The number of aromatic nitrogens is 2. The lowest BCUT2D eigenvalue weighted by atomic mass is 10.0. The van der Waals surface area contributed by atoms with Gasteiger partial charge in [0, 0.05) is 36.2 Å². The van der Waals surface area contributed by atoms with Crippen LogP contribution in [0.2, 0.25) is 0 Å². The molecule has 1 unspecified atom stereocenters. The first-order valence-electron chi connectivity index (χ1n) is 14.5. The minimum Gasteiger partial charge on any atom is -0.497 e. The standard InChI is InChI=1S/C34H38N4O5/c1-23(2)24-10-14-27(15-11-24)38-21-31(25-12-16-28(41-3)17-13-25)35-34(38)36-32(39)22-37(20-30-9-6-18-43-30)33(40)26-7-5-8-29(19-26)42-4/h5,7-8,10-17,19,21,23,30H,6,9,18,20,22H2,1-4H3,(H,35,36,39). The van der Waals surface area contributed by atoms with Crippen LogP contribution in [0.15, 0.2) is 79.0 Å². The highest BCUT2D eigenvalue weighted by Gasteiger charge is 2.26. The molecule has 224 valence electrons. The Hall–Kier alpha value is -4.63. The number of nitrogens with one attached hydrogen (secondary N) is 1. The zero-order valence-corrected chi connectivity index (χ0v) is 25.1. The molecule has 2 amide bonds. The van der Waals surface area contributed by atoms with E-state index in [0.29, 0.717) is 42.0 Å². The molecule has 1 N–H and O–H groups in total. The molecular formula is C34H38N4O5. The number of ether oxygens (including phenoxy) is 3. The van der Waals surface area contributed by atoms with Crippen molar-refractivity contribution in [1.82, 2.24) is 14.5 Å². The number of amides is 2. The maximum absolute atomic E-state index is 13.6. The summed E-state index contributed by atoms with van der Waals surface area (Å²) in [4.78, 5) is 33.5. The molecule has 1 saturated heterocycles. The van der Waals surface area contributed by atoms with Crippen molar-refractivity contribution in [3.8, 4) is 28.4 Å². The van der Waals surface area contributed by atoms with Gasteiger partial charge in [0.25, 0.3) is 5.91 Å². The number of carbonyl (C=O) groups is 2. The molecule has 4 aromatic rings. The third-order valence-electron chi connectivity index (χ3n) is 7.57. The summed E-state index contributed by atoms with van der Waals surface area (Å²) in [5.41, 5.74) is 4.08. The van der Waals surface area contributed by atoms with Gasteiger partial charge in [-0.3, -0.25) is 19.5 Å². The molecule has 2 heterocycles. The zero-order chi connectivity index (χ0) is 30.3. The first-order valence-corrected chi connectivity index (χ1v) is 14.5. The minimum atomic E-state index is -0.360. The van der Waals surface area contributed by atoms with E-state index < -0.39 is 0 Å². The number of anilines is 1. The van der Waals surface area contributed by atoms with E-state index in [0.717, 1.165) is 29.8 Å². The normalized spacial score (nSPS) is 14.5. The third kappa shape index (κ3) is 7.24. The first kappa shape index (κ1) is 29.8. The molecule has 1 fully saturated rings. The fraction of sp³-hybridized carbons (Fsp3) is 0.324. The van der Waals surface area contributed by atoms with Crippen molar-refractivity contribution in [3.63, 3.8) is 0 Å². The van der Waals surface area contributed by atoms with E-state index in [-0.39, 0.29) is 24.5 Å². The van der Waals surface area contributed by atoms with Crippen molar-refractivity contribution in [2.75, 3.05) is 39.2 Å². The van der Waals surface area contributed by atoms with Gasteiger partial charge in [0.1, 0.15) is 18.0 Å². The second-order valence-corrected chi connectivity index (χ2v) is 10.9. The molecular weight excluding hydrogens is 544 g/mol. The predicted octanol–water partition coefficient (Wildman–Crippen LogP) is 5.94. The summed E-state index contributed by atoms with van der Waals surface area (Å²) in [6, 6.07) is 22.7. The van der Waals surface area contributed by atoms with E-state index in [4.69, 9.17) is 19.2 Å². The van der Waals surface area contributed by atoms with Crippen LogP contribution in [0.1, 0.15) is 48.5 Å². The molecule has 5 rings (SSSR count). The molecule has 9 nitrogen and oxygen atoms in total. The van der Waals surface area contributed by atoms with Gasteiger partial charge in [-0.25, -0.2) is 4.98 Å². The number of nitrogens with zero attached hydrogens (tertiary/aromatic N) is 3. The van der Waals surface area contributed by atoms with Crippen LogP contribution in [-0.4, -0.2) is 66.3 Å². The molecule has 0 spiro atoms. The predicted molar refractivity (Wildman–Crippen MR) is 166 cm³/mol. The summed E-state index contributed by atoms with van der Waals surface area (Å²) in [6.45, 7) is 5.10. The van der Waals surface area contributed by atoms with Crippen LogP contribution in [0.4, 0.5) is 5.95 Å². The van der Waals surface area contributed by atoms with Gasteiger partial charge in [-0.05, 0) is 78.9 Å². The topological polar surface area (TPSA) is 94.9 Å². The van der Waals surface area contributed by atoms with Crippen molar-refractivity contribution in [3.05, 3.63) is 90.1 Å². The van der Waals surface area contributed by atoms with Crippen molar-refractivity contribution in [2.45, 2.75) is 38.7 Å². The van der Waals surface area contributed by atoms with Crippen LogP contribution >= 0.6 is 0 Å². The highest BCUT2D eigenvalue weighted by atomic mass is 16.5. The van der Waals surface area contributed by atoms with E-state index in [1.54, 1.807) is 38.5 Å². The average Bonchev–Trinajstić information content (AvgIpc) is 3.70. The van der Waals surface area contributed by atoms with Gasteiger partial charge >= 0.3 is 0 Å². The van der Waals surface area contributed by atoms with E-state index >= 15 is 0 Å². The lowest BCUT2D eigenvalue weighted by molar-refractivity contribution is -0.117. The Balaban J connectivity index is 1.43. The smallest absolute Gasteiger partial charge is 0.254 e. The van der Waals surface area contributed by atoms with Crippen LogP contribution in [-0.2, 0) is 9.53 Å². The van der Waals surface area contributed by atoms with Gasteiger partial charge in [-0.1, -0.05) is 32.0 Å². The summed E-state index contributed by atoms with van der Waals surface area (Å²) >= 11 is 0. The molecule has 1 aliphatic rings. The van der Waals surface area contributed by atoms with Gasteiger partial charge in [0.05, 0.1) is 26.0 Å². The van der Waals surface area contributed by atoms with E-state index in [1.165, 1.54) is 10.5 Å². The third-order valence-corrected chi connectivity index (χ3v) is 7.57. The van der Waals surface area contributed by atoms with Gasteiger partial charge in [0.15, 0.2) is 0 Å². The van der Waals surface area contributed by atoms with Crippen LogP contribution in [0, 0.1) is 0 Å². The number of benzene rings is 3. The minimum absolute atomic E-state index is 0.120. The highest BCUT2D eigenvalue weighted by Crippen LogP contribution is 2.27. The van der Waals surface area contributed by atoms with Crippen LogP contribution < -0.4 is 14.8 Å². The Labute approximate surface area is 252 Å².